The van der Waals surface area contributed by atoms with Gasteiger partial charge < -0.3 is 15.3 Å². The molecule has 2 heterocycles. The Kier molecular flexibility index (Phi) is 3.25. The van der Waals surface area contributed by atoms with Crippen molar-refractivity contribution in [1.29, 1.82) is 0 Å². The zero-order valence-electron chi connectivity index (χ0n) is 10.3. The molecule has 1 aromatic heterocycles. The number of carbonyl (C=O) groups excluding carboxylic acids is 1. The molecule has 0 aromatic carbocycles. The van der Waals surface area contributed by atoms with Gasteiger partial charge >= 0.3 is 5.97 Å². The van der Waals surface area contributed by atoms with Crippen molar-refractivity contribution in [2.75, 3.05) is 18.0 Å². The van der Waals surface area contributed by atoms with Gasteiger partial charge in [-0.1, -0.05) is 0 Å². The van der Waals surface area contributed by atoms with E-state index < -0.39 is 11.5 Å². The molecule has 18 heavy (non-hydrogen) atoms. The predicted molar refractivity (Wildman–Crippen MR) is 67.9 cm³/mol. The summed E-state index contributed by atoms with van der Waals surface area (Å²) in [5, 5.41) is 14.0. The average Bonchev–Trinajstić information content (AvgIpc) is 2.69. The van der Waals surface area contributed by atoms with E-state index in [0.29, 0.717) is 23.9 Å². The lowest BCUT2D eigenvalue weighted by Crippen LogP contribution is -2.62. The minimum atomic E-state index is -0.900. The number of amides is 1. The third-order valence-corrected chi connectivity index (χ3v) is 3.87. The number of nitrogens with one attached hydrogen (secondary N) is 1. The second-order valence-electron chi connectivity index (χ2n) is 4.66. The maximum atomic E-state index is 11.8. The second kappa shape index (κ2) is 4.56. The van der Waals surface area contributed by atoms with Crippen molar-refractivity contribution >= 4 is 28.3 Å². The first kappa shape index (κ1) is 12.8. The molecule has 2 N–H and O–H groups in total. The van der Waals surface area contributed by atoms with Crippen molar-refractivity contribution in [3.8, 4) is 0 Å². The number of nitrogens with zero attached hydrogens (tertiary/aromatic N) is 2. The topological polar surface area (TPSA) is 82.5 Å². The first-order valence-electron chi connectivity index (χ1n) is 5.63. The van der Waals surface area contributed by atoms with Crippen LogP contribution in [0.15, 0.2) is 5.38 Å². The minimum Gasteiger partial charge on any atom is -0.481 e. The number of piperazine rings is 1. The van der Waals surface area contributed by atoms with Crippen molar-refractivity contribution in [3.63, 3.8) is 0 Å². The van der Waals surface area contributed by atoms with Gasteiger partial charge in [-0.25, -0.2) is 4.98 Å². The monoisotopic (exact) mass is 269 g/mol. The Morgan fingerprint density at radius 1 is 1.67 bits per heavy atom. The number of aromatic nitrogens is 1. The van der Waals surface area contributed by atoms with Crippen LogP contribution < -0.4 is 10.2 Å². The molecule has 98 valence electrons. The van der Waals surface area contributed by atoms with Crippen molar-refractivity contribution < 1.29 is 14.7 Å². The summed E-state index contributed by atoms with van der Waals surface area (Å²) in [6.45, 7) is 4.92. The van der Waals surface area contributed by atoms with Crippen LogP contribution in [0.4, 0.5) is 5.13 Å². The van der Waals surface area contributed by atoms with Crippen LogP contribution in [-0.4, -0.2) is 40.6 Å². The number of carbonyl (C=O) groups is 2. The molecule has 7 heteroatoms. The lowest BCUT2D eigenvalue weighted by molar-refractivity contribution is -0.136. The molecule has 0 radical (unpaired) electrons. The Hall–Kier alpha value is -1.63. The van der Waals surface area contributed by atoms with Gasteiger partial charge in [-0.2, -0.15) is 0 Å². The van der Waals surface area contributed by atoms with Gasteiger partial charge in [0.25, 0.3) is 0 Å². The lowest BCUT2D eigenvalue weighted by atomic mass is 10.00. The van der Waals surface area contributed by atoms with Crippen LogP contribution in [0.1, 0.15) is 19.5 Å². The Morgan fingerprint density at radius 3 is 3.06 bits per heavy atom. The molecule has 1 aliphatic rings. The summed E-state index contributed by atoms with van der Waals surface area (Å²) in [4.78, 5) is 28.6. The van der Waals surface area contributed by atoms with Crippen LogP contribution in [-0.2, 0) is 16.0 Å². The Labute approximate surface area is 109 Å². The van der Waals surface area contributed by atoms with Crippen LogP contribution in [0.2, 0.25) is 0 Å². The molecule has 1 aromatic rings. The summed E-state index contributed by atoms with van der Waals surface area (Å²) in [6.07, 6.45) is -0.0863. The number of carboxylic acid groups (broad SMARTS) is 1. The van der Waals surface area contributed by atoms with Gasteiger partial charge in [0, 0.05) is 18.5 Å². The molecule has 2 rings (SSSR count). The van der Waals surface area contributed by atoms with E-state index in [1.165, 1.54) is 11.3 Å². The molecule has 0 spiro atoms. The highest BCUT2D eigenvalue weighted by molar-refractivity contribution is 7.13. The lowest BCUT2D eigenvalue weighted by Gasteiger charge is -2.41. The number of aliphatic carboxylic acids is 1. The summed E-state index contributed by atoms with van der Waals surface area (Å²) >= 11 is 1.37. The van der Waals surface area contributed by atoms with Crippen LogP contribution in [0.5, 0.6) is 0 Å². The van der Waals surface area contributed by atoms with Crippen LogP contribution in [0, 0.1) is 0 Å². The highest BCUT2D eigenvalue weighted by Crippen LogP contribution is 2.29. The molecule has 0 saturated carbocycles. The highest BCUT2D eigenvalue weighted by Gasteiger charge is 2.39. The zero-order chi connectivity index (χ0) is 13.3. The minimum absolute atomic E-state index is 0.0382. The standard InChI is InChI=1S/C11H15N3O3S/c1-11(2)9(17)12-3-4-14(11)10-13-7(6-18-10)5-8(15)16/h6H,3-5H2,1-2H3,(H,12,17)(H,15,16). The summed E-state index contributed by atoms with van der Waals surface area (Å²) < 4.78 is 0. The smallest absolute Gasteiger partial charge is 0.309 e. The number of anilines is 1. The van der Waals surface area contributed by atoms with E-state index in [9.17, 15) is 9.59 Å². The van der Waals surface area contributed by atoms with Gasteiger partial charge in [-0.05, 0) is 13.8 Å². The van der Waals surface area contributed by atoms with Gasteiger partial charge in [0.15, 0.2) is 5.13 Å². The number of hydrogen-bond acceptors (Lipinski definition) is 5. The summed E-state index contributed by atoms with van der Waals surface area (Å²) in [6, 6.07) is 0. The zero-order valence-corrected chi connectivity index (χ0v) is 11.1. The molecule has 1 fully saturated rings. The summed E-state index contributed by atoms with van der Waals surface area (Å²) in [7, 11) is 0. The van der Waals surface area contributed by atoms with Gasteiger partial charge in [0.05, 0.1) is 12.1 Å². The van der Waals surface area contributed by atoms with E-state index in [4.69, 9.17) is 5.11 Å². The third-order valence-electron chi connectivity index (χ3n) is 2.95. The highest BCUT2D eigenvalue weighted by atomic mass is 32.1. The van der Waals surface area contributed by atoms with Crippen molar-refractivity contribution in [2.24, 2.45) is 0 Å². The number of hydrogen-bond donors (Lipinski definition) is 2. The van der Waals surface area contributed by atoms with Crippen molar-refractivity contribution in [3.05, 3.63) is 11.1 Å². The van der Waals surface area contributed by atoms with Gasteiger partial charge in [-0.15, -0.1) is 11.3 Å². The van der Waals surface area contributed by atoms with Crippen molar-refractivity contribution in [2.45, 2.75) is 25.8 Å². The number of carboxylic acids is 1. The van der Waals surface area contributed by atoms with E-state index >= 15 is 0 Å². The fourth-order valence-electron chi connectivity index (χ4n) is 1.89. The Morgan fingerprint density at radius 2 is 2.39 bits per heavy atom. The quantitative estimate of drug-likeness (QED) is 0.834. The summed E-state index contributed by atoms with van der Waals surface area (Å²) in [5.41, 5.74) is -0.124. The Bertz CT molecular complexity index is 484. The SMILES string of the molecule is CC1(C)C(=O)NCCN1c1nc(CC(=O)O)cs1. The largest absolute Gasteiger partial charge is 0.481 e. The van der Waals surface area contributed by atoms with E-state index in [2.05, 4.69) is 10.3 Å². The van der Waals surface area contributed by atoms with Gasteiger partial charge in [0.2, 0.25) is 5.91 Å². The van der Waals surface area contributed by atoms with Crippen molar-refractivity contribution in [1.82, 2.24) is 10.3 Å². The molecule has 6 nitrogen and oxygen atoms in total. The maximum absolute atomic E-state index is 11.8. The normalized spacial score (nSPS) is 18.6. The molecular weight excluding hydrogens is 254 g/mol. The number of thiazole rings is 1. The fraction of sp³-hybridized carbons (Fsp3) is 0.545. The van der Waals surface area contributed by atoms with Gasteiger partial charge in [-0.3, -0.25) is 9.59 Å². The van der Waals surface area contributed by atoms with E-state index in [-0.39, 0.29) is 12.3 Å². The first-order chi connectivity index (χ1) is 8.41. The molecule has 1 aliphatic heterocycles. The average molecular weight is 269 g/mol. The predicted octanol–water partition coefficient (Wildman–Crippen LogP) is 0.485. The van der Waals surface area contributed by atoms with E-state index in [0.717, 1.165) is 0 Å². The first-order valence-corrected chi connectivity index (χ1v) is 6.51. The summed E-state index contributed by atoms with van der Waals surface area (Å²) in [5.74, 6) is -0.939. The third kappa shape index (κ3) is 2.31. The molecule has 1 amide bonds. The molecule has 0 bridgehead atoms. The van der Waals surface area contributed by atoms with Crippen LogP contribution in [0.25, 0.3) is 0 Å². The number of rotatable bonds is 3. The molecule has 1 saturated heterocycles. The van der Waals surface area contributed by atoms with Crippen LogP contribution >= 0.6 is 11.3 Å². The fourth-order valence-corrected chi connectivity index (χ4v) is 2.88. The van der Waals surface area contributed by atoms with Gasteiger partial charge in [0.1, 0.15) is 5.54 Å². The second-order valence-corrected chi connectivity index (χ2v) is 5.50. The van der Waals surface area contributed by atoms with Crippen LogP contribution in [0.3, 0.4) is 0 Å². The molecule has 0 aliphatic carbocycles. The Balaban J connectivity index is 2.22. The molecular formula is C11H15N3O3S. The van der Waals surface area contributed by atoms with E-state index in [1.807, 2.05) is 18.7 Å². The maximum Gasteiger partial charge on any atom is 0.309 e. The van der Waals surface area contributed by atoms with E-state index in [1.54, 1.807) is 5.38 Å². The molecule has 0 unspecified atom stereocenters. The molecule has 0 atom stereocenters.